The minimum Gasteiger partial charge on any atom is -0.496 e. The summed E-state index contributed by atoms with van der Waals surface area (Å²) in [4.78, 5) is 28.0. The first kappa shape index (κ1) is 25.3. The number of nitrogens with zero attached hydrogens (tertiary/aromatic N) is 1. The van der Waals surface area contributed by atoms with Gasteiger partial charge in [0.25, 0.3) is 0 Å². The Bertz CT molecular complexity index is 964. The van der Waals surface area contributed by atoms with Crippen molar-refractivity contribution in [2.75, 3.05) is 13.0 Å². The first-order chi connectivity index (χ1) is 15.9. The molecule has 2 aromatic rings. The molecule has 3 rings (SSSR count). The standard InChI is InChI=1S/C25H29Cl2FN2O3/c1-33-22-11-7-6-8-17(22)16-30(23(31)15-26)24(20-13-12-18(28)14-21(20)27)25(32)29-19-9-4-2-3-5-10-19/h6-8,11-14,19,24H,2-5,9-10,15-16H2,1H3,(H,29,32)/t24-/m0/s1. The number of amides is 2. The van der Waals surface area contributed by atoms with Crippen LogP contribution in [-0.4, -0.2) is 35.7 Å². The van der Waals surface area contributed by atoms with Crippen LogP contribution in [0.4, 0.5) is 4.39 Å². The molecule has 8 heteroatoms. The third-order valence-corrected chi connectivity index (χ3v) is 6.54. The Morgan fingerprint density at radius 3 is 2.48 bits per heavy atom. The number of rotatable bonds is 8. The molecule has 2 amide bonds. The van der Waals surface area contributed by atoms with Crippen LogP contribution in [0.5, 0.6) is 5.75 Å². The van der Waals surface area contributed by atoms with Gasteiger partial charge in [-0.2, -0.15) is 0 Å². The number of carbonyl (C=O) groups excluding carboxylic acids is 2. The average molecular weight is 495 g/mol. The molecular weight excluding hydrogens is 466 g/mol. The summed E-state index contributed by atoms with van der Waals surface area (Å²) in [5, 5.41) is 3.19. The molecule has 0 unspecified atom stereocenters. The van der Waals surface area contributed by atoms with Crippen molar-refractivity contribution < 1.29 is 18.7 Å². The fourth-order valence-corrected chi connectivity index (χ4v) is 4.72. The van der Waals surface area contributed by atoms with Gasteiger partial charge in [-0.15, -0.1) is 11.6 Å². The van der Waals surface area contributed by atoms with E-state index in [-0.39, 0.29) is 29.4 Å². The molecule has 0 aliphatic heterocycles. The van der Waals surface area contributed by atoms with Crippen LogP contribution in [0.15, 0.2) is 42.5 Å². The fraction of sp³-hybridized carbons (Fsp3) is 0.440. The Morgan fingerprint density at radius 1 is 1.15 bits per heavy atom. The number of alkyl halides is 1. The molecule has 2 aromatic carbocycles. The van der Waals surface area contributed by atoms with E-state index in [4.69, 9.17) is 27.9 Å². The van der Waals surface area contributed by atoms with E-state index in [9.17, 15) is 14.0 Å². The first-order valence-electron chi connectivity index (χ1n) is 11.2. The number of methoxy groups -OCH3 is 1. The fourth-order valence-electron chi connectivity index (χ4n) is 4.30. The normalized spacial score (nSPS) is 15.4. The highest BCUT2D eigenvalue weighted by Crippen LogP contribution is 2.32. The van der Waals surface area contributed by atoms with Crippen LogP contribution in [0.3, 0.4) is 0 Å². The number of ether oxygens (including phenoxy) is 1. The van der Waals surface area contributed by atoms with E-state index in [0.29, 0.717) is 16.9 Å². The van der Waals surface area contributed by atoms with Crippen LogP contribution in [0.1, 0.15) is 55.7 Å². The van der Waals surface area contributed by atoms with Crippen molar-refractivity contribution in [2.24, 2.45) is 0 Å². The van der Waals surface area contributed by atoms with E-state index >= 15 is 0 Å². The summed E-state index contributed by atoms with van der Waals surface area (Å²) in [5.41, 5.74) is 1.06. The molecule has 1 fully saturated rings. The lowest BCUT2D eigenvalue weighted by Gasteiger charge is -2.33. The quantitative estimate of drug-likeness (QED) is 0.381. The van der Waals surface area contributed by atoms with E-state index in [1.165, 1.54) is 17.0 Å². The summed E-state index contributed by atoms with van der Waals surface area (Å²) in [5.74, 6) is -1.06. The molecule has 5 nitrogen and oxygen atoms in total. The zero-order chi connectivity index (χ0) is 23.8. The molecule has 1 aliphatic rings. The van der Waals surface area contributed by atoms with Gasteiger partial charge in [0.15, 0.2) is 0 Å². The van der Waals surface area contributed by atoms with Gasteiger partial charge in [0.2, 0.25) is 11.8 Å². The summed E-state index contributed by atoms with van der Waals surface area (Å²) < 4.78 is 19.2. The summed E-state index contributed by atoms with van der Waals surface area (Å²) in [6.07, 6.45) is 6.13. The largest absolute Gasteiger partial charge is 0.496 e. The van der Waals surface area contributed by atoms with E-state index in [2.05, 4.69) is 5.32 Å². The molecule has 0 saturated heterocycles. The Hall–Kier alpha value is -2.31. The Kier molecular flexibility index (Phi) is 9.39. The van der Waals surface area contributed by atoms with Gasteiger partial charge in [-0.25, -0.2) is 4.39 Å². The van der Waals surface area contributed by atoms with Gasteiger partial charge in [0, 0.05) is 22.2 Å². The van der Waals surface area contributed by atoms with Gasteiger partial charge >= 0.3 is 0 Å². The maximum Gasteiger partial charge on any atom is 0.247 e. The van der Waals surface area contributed by atoms with Crippen LogP contribution in [0.25, 0.3) is 0 Å². The van der Waals surface area contributed by atoms with Gasteiger partial charge in [0.05, 0.1) is 13.7 Å². The highest BCUT2D eigenvalue weighted by molar-refractivity contribution is 6.31. The predicted octanol–water partition coefficient (Wildman–Crippen LogP) is 5.64. The molecule has 33 heavy (non-hydrogen) atoms. The van der Waals surface area contributed by atoms with Crippen molar-refractivity contribution in [3.63, 3.8) is 0 Å². The molecule has 1 aliphatic carbocycles. The maximum atomic E-state index is 13.8. The summed E-state index contributed by atoms with van der Waals surface area (Å²) in [6, 6.07) is 10.0. The van der Waals surface area contributed by atoms with Gasteiger partial charge < -0.3 is 15.0 Å². The molecule has 0 bridgehead atoms. The van der Waals surface area contributed by atoms with E-state index in [1.54, 1.807) is 13.2 Å². The molecule has 0 spiro atoms. The Labute approximate surface area is 204 Å². The summed E-state index contributed by atoms with van der Waals surface area (Å²) in [6.45, 7) is 0.0754. The number of benzene rings is 2. The number of halogens is 3. The van der Waals surface area contributed by atoms with Gasteiger partial charge in [-0.05, 0) is 31.0 Å². The van der Waals surface area contributed by atoms with Crippen LogP contribution in [0, 0.1) is 5.82 Å². The maximum absolute atomic E-state index is 13.8. The predicted molar refractivity (Wildman–Crippen MR) is 128 cm³/mol. The molecule has 178 valence electrons. The third kappa shape index (κ3) is 6.61. The van der Waals surface area contributed by atoms with E-state index in [1.807, 2.05) is 18.2 Å². The van der Waals surface area contributed by atoms with Gasteiger partial charge in [0.1, 0.15) is 23.5 Å². The second-order valence-corrected chi connectivity index (χ2v) is 8.91. The van der Waals surface area contributed by atoms with Crippen LogP contribution in [-0.2, 0) is 16.1 Å². The summed E-state index contributed by atoms with van der Waals surface area (Å²) in [7, 11) is 1.54. The second kappa shape index (κ2) is 12.2. The van der Waals surface area contributed by atoms with Crippen molar-refractivity contribution in [1.29, 1.82) is 0 Å². The van der Waals surface area contributed by atoms with E-state index in [0.717, 1.165) is 44.6 Å². The van der Waals surface area contributed by atoms with Gasteiger partial charge in [-0.1, -0.05) is 61.5 Å². The molecule has 0 heterocycles. The minimum atomic E-state index is -1.07. The lowest BCUT2D eigenvalue weighted by molar-refractivity contribution is -0.140. The van der Waals surface area contributed by atoms with Gasteiger partial charge in [-0.3, -0.25) is 9.59 Å². The lowest BCUT2D eigenvalue weighted by Crippen LogP contribution is -2.46. The number of nitrogens with one attached hydrogen (secondary N) is 1. The van der Waals surface area contributed by atoms with Crippen molar-refractivity contribution >= 4 is 35.0 Å². The van der Waals surface area contributed by atoms with Crippen molar-refractivity contribution in [3.05, 3.63) is 64.4 Å². The Balaban J connectivity index is 2.01. The smallest absolute Gasteiger partial charge is 0.247 e. The number of para-hydroxylation sites is 1. The van der Waals surface area contributed by atoms with Crippen LogP contribution in [0.2, 0.25) is 5.02 Å². The monoisotopic (exact) mass is 494 g/mol. The molecule has 0 aromatic heterocycles. The third-order valence-electron chi connectivity index (χ3n) is 5.99. The van der Waals surface area contributed by atoms with Crippen molar-refractivity contribution in [3.8, 4) is 5.75 Å². The zero-order valence-electron chi connectivity index (χ0n) is 18.7. The van der Waals surface area contributed by atoms with Crippen molar-refractivity contribution in [2.45, 2.75) is 57.2 Å². The SMILES string of the molecule is COc1ccccc1CN(C(=O)CCl)[C@H](C(=O)NC1CCCCCC1)c1ccc(F)cc1Cl. The highest BCUT2D eigenvalue weighted by Gasteiger charge is 2.34. The Morgan fingerprint density at radius 2 is 1.85 bits per heavy atom. The lowest BCUT2D eigenvalue weighted by atomic mass is 10.0. The topological polar surface area (TPSA) is 58.6 Å². The van der Waals surface area contributed by atoms with Crippen LogP contribution >= 0.6 is 23.2 Å². The summed E-state index contributed by atoms with van der Waals surface area (Å²) >= 11 is 12.3. The molecular formula is C25H29Cl2FN2O3. The molecule has 1 saturated carbocycles. The first-order valence-corrected chi connectivity index (χ1v) is 12.1. The number of carbonyl (C=O) groups is 2. The average Bonchev–Trinajstić information content (AvgIpc) is 3.08. The zero-order valence-corrected chi connectivity index (χ0v) is 20.2. The molecule has 0 radical (unpaired) electrons. The highest BCUT2D eigenvalue weighted by atomic mass is 35.5. The van der Waals surface area contributed by atoms with E-state index < -0.39 is 17.8 Å². The second-order valence-electron chi connectivity index (χ2n) is 8.23. The number of hydrogen-bond donors (Lipinski definition) is 1. The van der Waals surface area contributed by atoms with Crippen LogP contribution < -0.4 is 10.1 Å². The van der Waals surface area contributed by atoms with Crippen molar-refractivity contribution in [1.82, 2.24) is 10.2 Å². The number of hydrogen-bond acceptors (Lipinski definition) is 3. The minimum absolute atomic E-state index is 0.0148. The molecule has 1 atom stereocenters. The molecule has 1 N–H and O–H groups in total.